The van der Waals surface area contributed by atoms with E-state index in [4.69, 9.17) is 4.18 Å². The molecule has 0 saturated heterocycles. The minimum absolute atomic E-state index is 0.0190. The van der Waals surface area contributed by atoms with Crippen LogP contribution < -0.4 is 9.50 Å². The maximum absolute atomic E-state index is 12.7. The summed E-state index contributed by atoms with van der Waals surface area (Å²) in [5.41, 5.74) is 1.28. The third-order valence-electron chi connectivity index (χ3n) is 4.29. The van der Waals surface area contributed by atoms with Gasteiger partial charge < -0.3 is 9.50 Å². The van der Waals surface area contributed by atoms with Crippen molar-refractivity contribution in [3.05, 3.63) is 96.1 Å². The molecular formula is C22H21NO4S. The minimum Gasteiger partial charge on any atom is -0.378 e. The molecule has 28 heavy (non-hydrogen) atoms. The zero-order valence-corrected chi connectivity index (χ0v) is 16.2. The summed E-state index contributed by atoms with van der Waals surface area (Å²) in [4.78, 5) is 12.7. The molecule has 0 spiro atoms. The molecule has 0 heterocycles. The molecule has 0 aromatic heterocycles. The Morgan fingerprint density at radius 1 is 0.893 bits per heavy atom. The molecule has 144 valence electrons. The van der Waals surface area contributed by atoms with Crippen molar-refractivity contribution in [3.63, 3.8) is 0 Å². The number of benzene rings is 3. The second-order valence-electron chi connectivity index (χ2n) is 6.28. The van der Waals surface area contributed by atoms with Crippen LogP contribution in [0.25, 0.3) is 0 Å². The van der Waals surface area contributed by atoms with E-state index in [-0.39, 0.29) is 34.6 Å². The van der Waals surface area contributed by atoms with E-state index in [9.17, 15) is 13.2 Å². The SMILES string of the molecule is C[C@@H](NCC(=O)c1ccccc1OS(=O)(=O)c1ccccc1)c1ccccc1. The van der Waals surface area contributed by atoms with Gasteiger partial charge in [0.1, 0.15) is 4.90 Å². The van der Waals surface area contributed by atoms with Crippen molar-refractivity contribution in [1.29, 1.82) is 0 Å². The number of ketones is 1. The number of rotatable bonds is 8. The molecule has 0 aliphatic rings. The molecule has 0 bridgehead atoms. The lowest BCUT2D eigenvalue weighted by Crippen LogP contribution is -2.26. The largest absolute Gasteiger partial charge is 0.378 e. The molecule has 0 unspecified atom stereocenters. The lowest BCUT2D eigenvalue weighted by atomic mass is 10.1. The fourth-order valence-electron chi connectivity index (χ4n) is 2.72. The van der Waals surface area contributed by atoms with Crippen molar-refractivity contribution >= 4 is 15.9 Å². The predicted octanol–water partition coefficient (Wildman–Crippen LogP) is 3.99. The van der Waals surface area contributed by atoms with Crippen LogP contribution in [0.2, 0.25) is 0 Å². The maximum atomic E-state index is 12.7. The summed E-state index contributed by atoms with van der Waals surface area (Å²) < 4.78 is 30.2. The van der Waals surface area contributed by atoms with Crippen LogP contribution in [-0.2, 0) is 10.1 Å². The van der Waals surface area contributed by atoms with E-state index in [0.717, 1.165) is 5.56 Å². The molecule has 3 aromatic carbocycles. The topological polar surface area (TPSA) is 72.5 Å². The van der Waals surface area contributed by atoms with Gasteiger partial charge in [0.15, 0.2) is 11.5 Å². The standard InChI is InChI=1S/C22H21NO4S/c1-17(18-10-4-2-5-11-18)23-16-21(24)20-14-8-9-15-22(20)27-28(25,26)19-12-6-3-7-13-19/h2-15,17,23H,16H2,1H3/t17-/m1/s1. The zero-order valence-electron chi connectivity index (χ0n) is 15.4. The molecule has 0 aliphatic heterocycles. The molecule has 0 radical (unpaired) electrons. The Balaban J connectivity index is 1.74. The van der Waals surface area contributed by atoms with Gasteiger partial charge in [-0.2, -0.15) is 8.42 Å². The maximum Gasteiger partial charge on any atom is 0.339 e. The summed E-state index contributed by atoms with van der Waals surface area (Å²) in [6, 6.07) is 23.9. The molecule has 0 amide bonds. The summed E-state index contributed by atoms with van der Waals surface area (Å²) in [6.07, 6.45) is 0. The first-order chi connectivity index (χ1) is 13.5. The second kappa shape index (κ2) is 8.82. The minimum atomic E-state index is -4.02. The number of hydrogen-bond acceptors (Lipinski definition) is 5. The van der Waals surface area contributed by atoms with Gasteiger partial charge in [-0.25, -0.2) is 0 Å². The van der Waals surface area contributed by atoms with Crippen LogP contribution in [0.4, 0.5) is 0 Å². The highest BCUT2D eigenvalue weighted by Gasteiger charge is 2.20. The molecule has 5 nitrogen and oxygen atoms in total. The number of Topliss-reactive ketones (excluding diaryl/α,β-unsaturated/α-hetero) is 1. The molecule has 0 fully saturated rings. The monoisotopic (exact) mass is 395 g/mol. The first-order valence-corrected chi connectivity index (χ1v) is 10.3. The number of hydrogen-bond donors (Lipinski definition) is 1. The van der Waals surface area contributed by atoms with Crippen molar-refractivity contribution in [3.8, 4) is 5.75 Å². The lowest BCUT2D eigenvalue weighted by molar-refractivity contribution is 0.0986. The van der Waals surface area contributed by atoms with Crippen molar-refractivity contribution in [2.45, 2.75) is 17.9 Å². The van der Waals surface area contributed by atoms with E-state index in [1.54, 1.807) is 36.4 Å². The van der Waals surface area contributed by atoms with Crippen LogP contribution in [0.1, 0.15) is 28.9 Å². The molecular weight excluding hydrogens is 374 g/mol. The van der Waals surface area contributed by atoms with Crippen molar-refractivity contribution in [1.82, 2.24) is 5.32 Å². The van der Waals surface area contributed by atoms with Gasteiger partial charge in [-0.15, -0.1) is 0 Å². The second-order valence-corrected chi connectivity index (χ2v) is 7.83. The number of carbonyl (C=O) groups is 1. The molecule has 6 heteroatoms. The van der Waals surface area contributed by atoms with E-state index >= 15 is 0 Å². The third kappa shape index (κ3) is 4.85. The highest BCUT2D eigenvalue weighted by atomic mass is 32.2. The number of para-hydroxylation sites is 1. The van der Waals surface area contributed by atoms with Gasteiger partial charge in [0.25, 0.3) is 0 Å². The third-order valence-corrected chi connectivity index (χ3v) is 5.54. The predicted molar refractivity (Wildman–Crippen MR) is 108 cm³/mol. The first-order valence-electron chi connectivity index (χ1n) is 8.87. The van der Waals surface area contributed by atoms with E-state index in [2.05, 4.69) is 5.32 Å². The first kappa shape index (κ1) is 19.8. The van der Waals surface area contributed by atoms with Gasteiger partial charge in [0.2, 0.25) is 0 Å². The van der Waals surface area contributed by atoms with Crippen LogP contribution in [0.3, 0.4) is 0 Å². The van der Waals surface area contributed by atoms with Gasteiger partial charge in [-0.05, 0) is 36.8 Å². The molecule has 3 aromatic rings. The Morgan fingerprint density at radius 2 is 1.46 bits per heavy atom. The van der Waals surface area contributed by atoms with Crippen molar-refractivity contribution < 1.29 is 17.4 Å². The number of nitrogens with one attached hydrogen (secondary N) is 1. The summed E-state index contributed by atoms with van der Waals surface area (Å²) in [7, 11) is -4.02. The molecule has 1 N–H and O–H groups in total. The normalized spacial score (nSPS) is 12.3. The molecule has 0 saturated carbocycles. The van der Waals surface area contributed by atoms with Crippen LogP contribution in [0.5, 0.6) is 5.75 Å². The average molecular weight is 395 g/mol. The van der Waals surface area contributed by atoms with Crippen LogP contribution in [0, 0.1) is 0 Å². The highest BCUT2D eigenvalue weighted by Crippen LogP contribution is 2.23. The molecule has 1 atom stereocenters. The summed E-state index contributed by atoms with van der Waals surface area (Å²) in [6.45, 7) is 2.02. The Hall–Kier alpha value is -2.96. The smallest absolute Gasteiger partial charge is 0.339 e. The fraction of sp³-hybridized carbons (Fsp3) is 0.136. The molecule has 0 aliphatic carbocycles. The number of carbonyl (C=O) groups excluding carboxylic acids is 1. The van der Waals surface area contributed by atoms with Gasteiger partial charge in [0.05, 0.1) is 12.1 Å². The average Bonchev–Trinajstić information content (AvgIpc) is 2.73. The fourth-order valence-corrected chi connectivity index (χ4v) is 3.69. The summed E-state index contributed by atoms with van der Waals surface area (Å²) in [5.74, 6) is -0.229. The summed E-state index contributed by atoms with van der Waals surface area (Å²) in [5, 5.41) is 3.16. The summed E-state index contributed by atoms with van der Waals surface area (Å²) >= 11 is 0. The Morgan fingerprint density at radius 3 is 2.14 bits per heavy atom. The van der Waals surface area contributed by atoms with Crippen LogP contribution >= 0.6 is 0 Å². The van der Waals surface area contributed by atoms with Gasteiger partial charge in [-0.1, -0.05) is 60.7 Å². The lowest BCUT2D eigenvalue weighted by Gasteiger charge is -2.15. The van der Waals surface area contributed by atoms with Crippen LogP contribution in [-0.4, -0.2) is 20.7 Å². The van der Waals surface area contributed by atoms with E-state index in [1.807, 2.05) is 37.3 Å². The zero-order chi connectivity index (χ0) is 20.0. The highest BCUT2D eigenvalue weighted by molar-refractivity contribution is 7.87. The van der Waals surface area contributed by atoms with E-state index < -0.39 is 10.1 Å². The van der Waals surface area contributed by atoms with Gasteiger partial charge >= 0.3 is 10.1 Å². The van der Waals surface area contributed by atoms with Crippen molar-refractivity contribution in [2.75, 3.05) is 6.54 Å². The quantitative estimate of drug-likeness (QED) is 0.461. The molecule has 3 rings (SSSR count). The Labute approximate surface area is 165 Å². The van der Waals surface area contributed by atoms with E-state index in [1.165, 1.54) is 18.2 Å². The Kier molecular flexibility index (Phi) is 6.23. The van der Waals surface area contributed by atoms with Gasteiger partial charge in [-0.3, -0.25) is 4.79 Å². The van der Waals surface area contributed by atoms with E-state index in [0.29, 0.717) is 0 Å². The van der Waals surface area contributed by atoms with Gasteiger partial charge in [0, 0.05) is 6.04 Å². The Bertz CT molecular complexity index is 1030. The van der Waals surface area contributed by atoms with Crippen molar-refractivity contribution in [2.24, 2.45) is 0 Å². The van der Waals surface area contributed by atoms with Crippen LogP contribution in [0.15, 0.2) is 89.8 Å².